The summed E-state index contributed by atoms with van der Waals surface area (Å²) in [5.41, 5.74) is 7.45. The number of anilines is 2. The van der Waals surface area contributed by atoms with Crippen molar-refractivity contribution in [3.05, 3.63) is 23.2 Å². The van der Waals surface area contributed by atoms with E-state index in [0.717, 1.165) is 12.1 Å². The van der Waals surface area contributed by atoms with E-state index in [4.69, 9.17) is 17.3 Å². The standard InChI is InChI=1S/C12H19ClN2/c1-4-11(8(2)3)15-12-9(13)6-5-7-10(12)14/h5-8,11,15H,4,14H2,1-3H3. The van der Waals surface area contributed by atoms with Crippen molar-refractivity contribution in [2.75, 3.05) is 11.1 Å². The molecule has 0 aliphatic carbocycles. The molecule has 1 unspecified atom stereocenters. The Hall–Kier alpha value is -0.890. The lowest BCUT2D eigenvalue weighted by atomic mass is 10.0. The van der Waals surface area contributed by atoms with Gasteiger partial charge in [0.15, 0.2) is 0 Å². The molecule has 0 spiro atoms. The Morgan fingerprint density at radius 1 is 1.40 bits per heavy atom. The van der Waals surface area contributed by atoms with Crippen LogP contribution in [-0.4, -0.2) is 6.04 Å². The fourth-order valence-corrected chi connectivity index (χ4v) is 1.86. The summed E-state index contributed by atoms with van der Waals surface area (Å²) >= 11 is 6.09. The third-order valence-electron chi connectivity index (χ3n) is 2.62. The van der Waals surface area contributed by atoms with E-state index in [1.165, 1.54) is 0 Å². The van der Waals surface area contributed by atoms with Gasteiger partial charge in [0.1, 0.15) is 0 Å². The zero-order valence-corrected chi connectivity index (χ0v) is 10.3. The Morgan fingerprint density at radius 2 is 2.07 bits per heavy atom. The smallest absolute Gasteiger partial charge is 0.0765 e. The van der Waals surface area contributed by atoms with Crippen LogP contribution in [0.3, 0.4) is 0 Å². The predicted octanol–water partition coefficient (Wildman–Crippen LogP) is 3.77. The monoisotopic (exact) mass is 226 g/mol. The summed E-state index contributed by atoms with van der Waals surface area (Å²) < 4.78 is 0. The predicted molar refractivity (Wildman–Crippen MR) is 68.4 cm³/mol. The number of nitrogens with two attached hydrogens (primary N) is 1. The van der Waals surface area contributed by atoms with Crippen LogP contribution in [-0.2, 0) is 0 Å². The minimum atomic E-state index is 0.409. The average molecular weight is 227 g/mol. The molecular formula is C12H19ClN2. The Labute approximate surface area is 96.8 Å². The van der Waals surface area contributed by atoms with Crippen molar-refractivity contribution in [1.29, 1.82) is 0 Å². The van der Waals surface area contributed by atoms with Crippen molar-refractivity contribution >= 4 is 23.0 Å². The molecule has 0 aliphatic rings. The largest absolute Gasteiger partial charge is 0.397 e. The lowest BCUT2D eigenvalue weighted by Crippen LogP contribution is -2.25. The second-order valence-corrected chi connectivity index (χ2v) is 4.51. The normalized spacial score (nSPS) is 12.9. The molecule has 2 nitrogen and oxygen atoms in total. The highest BCUT2D eigenvalue weighted by atomic mass is 35.5. The van der Waals surface area contributed by atoms with Gasteiger partial charge >= 0.3 is 0 Å². The number of nitrogen functional groups attached to an aromatic ring is 1. The number of rotatable bonds is 4. The number of halogens is 1. The Bertz CT molecular complexity index is 303. The molecule has 1 atom stereocenters. The van der Waals surface area contributed by atoms with E-state index in [-0.39, 0.29) is 0 Å². The molecular weight excluding hydrogens is 208 g/mol. The van der Waals surface area contributed by atoms with Crippen LogP contribution >= 0.6 is 11.6 Å². The van der Waals surface area contributed by atoms with Gasteiger partial charge in [-0.05, 0) is 24.5 Å². The SMILES string of the molecule is CCC(Nc1c(N)cccc1Cl)C(C)C. The van der Waals surface area contributed by atoms with Gasteiger partial charge in [-0.3, -0.25) is 0 Å². The summed E-state index contributed by atoms with van der Waals surface area (Å²) in [6.45, 7) is 6.53. The topological polar surface area (TPSA) is 38.0 Å². The molecule has 3 heteroatoms. The van der Waals surface area contributed by atoms with E-state index in [1.54, 1.807) is 0 Å². The molecule has 0 saturated heterocycles. The van der Waals surface area contributed by atoms with Crippen LogP contribution in [0.25, 0.3) is 0 Å². The molecule has 0 aromatic heterocycles. The molecule has 0 fully saturated rings. The molecule has 15 heavy (non-hydrogen) atoms. The van der Waals surface area contributed by atoms with Crippen molar-refractivity contribution < 1.29 is 0 Å². The quantitative estimate of drug-likeness (QED) is 0.768. The van der Waals surface area contributed by atoms with E-state index in [1.807, 2.05) is 18.2 Å². The molecule has 0 bridgehead atoms. The van der Waals surface area contributed by atoms with Crippen LogP contribution < -0.4 is 11.1 Å². The first-order chi connectivity index (χ1) is 7.06. The molecule has 1 aromatic rings. The highest BCUT2D eigenvalue weighted by molar-refractivity contribution is 6.33. The summed E-state index contributed by atoms with van der Waals surface area (Å²) in [5.74, 6) is 0.561. The Kier molecular flexibility index (Phi) is 4.28. The van der Waals surface area contributed by atoms with Crippen molar-refractivity contribution in [1.82, 2.24) is 0 Å². The minimum Gasteiger partial charge on any atom is -0.397 e. The van der Waals surface area contributed by atoms with Gasteiger partial charge in [-0.25, -0.2) is 0 Å². The minimum absolute atomic E-state index is 0.409. The molecule has 0 amide bonds. The average Bonchev–Trinajstić information content (AvgIpc) is 2.17. The summed E-state index contributed by atoms with van der Waals surface area (Å²) in [7, 11) is 0. The molecule has 84 valence electrons. The zero-order chi connectivity index (χ0) is 11.4. The highest BCUT2D eigenvalue weighted by Gasteiger charge is 2.13. The van der Waals surface area contributed by atoms with E-state index in [2.05, 4.69) is 26.1 Å². The van der Waals surface area contributed by atoms with Gasteiger partial charge in [0.2, 0.25) is 0 Å². The number of nitrogens with one attached hydrogen (secondary N) is 1. The van der Waals surface area contributed by atoms with Crippen LogP contribution in [0.2, 0.25) is 5.02 Å². The molecule has 0 saturated carbocycles. The summed E-state index contributed by atoms with van der Waals surface area (Å²) in [6.07, 6.45) is 1.06. The second-order valence-electron chi connectivity index (χ2n) is 4.11. The maximum atomic E-state index is 6.09. The second kappa shape index (κ2) is 5.26. The molecule has 0 heterocycles. The summed E-state index contributed by atoms with van der Waals surface area (Å²) in [4.78, 5) is 0. The van der Waals surface area contributed by atoms with Gasteiger partial charge in [0, 0.05) is 6.04 Å². The van der Waals surface area contributed by atoms with Crippen LogP contribution in [0.15, 0.2) is 18.2 Å². The van der Waals surface area contributed by atoms with E-state index < -0.39 is 0 Å². The van der Waals surface area contributed by atoms with Crippen LogP contribution in [0.4, 0.5) is 11.4 Å². The first-order valence-corrected chi connectivity index (χ1v) is 5.74. The van der Waals surface area contributed by atoms with Crippen molar-refractivity contribution in [3.63, 3.8) is 0 Å². The third kappa shape index (κ3) is 3.03. The van der Waals surface area contributed by atoms with Crippen LogP contribution in [0.1, 0.15) is 27.2 Å². The van der Waals surface area contributed by atoms with Crippen LogP contribution in [0, 0.1) is 5.92 Å². The number of hydrogen-bond acceptors (Lipinski definition) is 2. The molecule has 3 N–H and O–H groups in total. The maximum Gasteiger partial charge on any atom is 0.0765 e. The molecule has 1 aromatic carbocycles. The van der Waals surface area contributed by atoms with Crippen LogP contribution in [0.5, 0.6) is 0 Å². The fraction of sp³-hybridized carbons (Fsp3) is 0.500. The Morgan fingerprint density at radius 3 is 2.53 bits per heavy atom. The van der Waals surface area contributed by atoms with Crippen molar-refractivity contribution in [2.45, 2.75) is 33.2 Å². The third-order valence-corrected chi connectivity index (χ3v) is 2.94. The van der Waals surface area contributed by atoms with Gasteiger partial charge in [-0.15, -0.1) is 0 Å². The molecule has 0 aliphatic heterocycles. The van der Waals surface area contributed by atoms with Crippen molar-refractivity contribution in [2.24, 2.45) is 5.92 Å². The first kappa shape index (κ1) is 12.2. The molecule has 1 rings (SSSR count). The number of benzene rings is 1. The van der Waals surface area contributed by atoms with Gasteiger partial charge in [0.25, 0.3) is 0 Å². The lowest BCUT2D eigenvalue weighted by molar-refractivity contribution is 0.511. The van der Waals surface area contributed by atoms with E-state index in [0.29, 0.717) is 22.7 Å². The summed E-state index contributed by atoms with van der Waals surface area (Å²) in [6, 6.07) is 5.99. The van der Waals surface area contributed by atoms with E-state index >= 15 is 0 Å². The highest BCUT2D eigenvalue weighted by Crippen LogP contribution is 2.29. The first-order valence-electron chi connectivity index (χ1n) is 5.36. The van der Waals surface area contributed by atoms with Gasteiger partial charge in [-0.1, -0.05) is 38.4 Å². The Balaban J connectivity index is 2.87. The van der Waals surface area contributed by atoms with Gasteiger partial charge in [0.05, 0.1) is 16.4 Å². The zero-order valence-electron chi connectivity index (χ0n) is 9.55. The van der Waals surface area contributed by atoms with Gasteiger partial charge < -0.3 is 11.1 Å². The lowest BCUT2D eigenvalue weighted by Gasteiger charge is -2.23. The van der Waals surface area contributed by atoms with Gasteiger partial charge in [-0.2, -0.15) is 0 Å². The number of para-hydroxylation sites is 1. The fourth-order valence-electron chi connectivity index (χ4n) is 1.62. The molecule has 0 radical (unpaired) electrons. The van der Waals surface area contributed by atoms with Crippen molar-refractivity contribution in [3.8, 4) is 0 Å². The summed E-state index contributed by atoms with van der Waals surface area (Å²) in [5, 5.41) is 4.10. The van der Waals surface area contributed by atoms with E-state index in [9.17, 15) is 0 Å². The number of hydrogen-bond donors (Lipinski definition) is 2. The maximum absolute atomic E-state index is 6.09.